The Morgan fingerprint density at radius 2 is 2.19 bits per heavy atom. The van der Waals surface area contributed by atoms with Crippen LogP contribution in [0.5, 0.6) is 0 Å². The van der Waals surface area contributed by atoms with Crippen LogP contribution in [0.2, 0.25) is 0 Å². The number of carboxylic acids is 1. The molecule has 5 nitrogen and oxygen atoms in total. The zero-order valence-corrected chi connectivity index (χ0v) is 9.02. The van der Waals surface area contributed by atoms with Gasteiger partial charge in [-0.15, -0.1) is 0 Å². The van der Waals surface area contributed by atoms with E-state index in [-0.39, 0.29) is 5.57 Å². The third-order valence-electron chi connectivity index (χ3n) is 1.87. The van der Waals surface area contributed by atoms with Crippen LogP contribution in [-0.4, -0.2) is 24.2 Å². The average Bonchev–Trinajstić information content (AvgIpc) is 2.61. The van der Waals surface area contributed by atoms with E-state index in [4.69, 9.17) is 9.52 Å². The molecule has 5 heteroatoms. The summed E-state index contributed by atoms with van der Waals surface area (Å²) in [5, 5.41) is 8.63. The summed E-state index contributed by atoms with van der Waals surface area (Å²) in [4.78, 5) is 21.8. The van der Waals surface area contributed by atoms with E-state index >= 15 is 0 Å². The van der Waals surface area contributed by atoms with E-state index in [2.05, 4.69) is 4.74 Å². The number of rotatable bonds is 4. The van der Waals surface area contributed by atoms with Gasteiger partial charge in [-0.25, -0.2) is 4.79 Å². The lowest BCUT2D eigenvalue weighted by Gasteiger charge is -2.01. The SMILES string of the molecule is COC(=O)/C(=C\c1ccc(C)o1)CC(=O)O. The Balaban J connectivity index is 2.95. The summed E-state index contributed by atoms with van der Waals surface area (Å²) in [6.07, 6.45) is 0.972. The molecule has 0 spiro atoms. The molecule has 0 unspecified atom stereocenters. The van der Waals surface area contributed by atoms with Gasteiger partial charge in [0.25, 0.3) is 0 Å². The predicted octanol–water partition coefficient (Wildman–Crippen LogP) is 1.62. The Labute approximate surface area is 92.3 Å². The van der Waals surface area contributed by atoms with Crippen molar-refractivity contribution >= 4 is 18.0 Å². The molecule has 0 aromatic carbocycles. The van der Waals surface area contributed by atoms with Gasteiger partial charge in [0.15, 0.2) is 0 Å². The molecule has 86 valence electrons. The van der Waals surface area contributed by atoms with Gasteiger partial charge in [-0.1, -0.05) is 0 Å². The topological polar surface area (TPSA) is 76.7 Å². The molecule has 0 radical (unpaired) electrons. The van der Waals surface area contributed by atoms with Gasteiger partial charge in [0.2, 0.25) is 0 Å². The number of esters is 1. The predicted molar refractivity (Wildman–Crippen MR) is 55.7 cm³/mol. The first kappa shape index (κ1) is 12.0. The van der Waals surface area contributed by atoms with E-state index in [1.54, 1.807) is 19.1 Å². The molecule has 1 aromatic heterocycles. The van der Waals surface area contributed by atoms with Crippen molar-refractivity contribution in [2.75, 3.05) is 7.11 Å². The zero-order chi connectivity index (χ0) is 12.1. The number of carbonyl (C=O) groups is 2. The normalized spacial score (nSPS) is 11.2. The fourth-order valence-corrected chi connectivity index (χ4v) is 1.18. The van der Waals surface area contributed by atoms with Gasteiger partial charge in [-0.3, -0.25) is 4.79 Å². The minimum atomic E-state index is -1.10. The fourth-order valence-electron chi connectivity index (χ4n) is 1.18. The maximum Gasteiger partial charge on any atom is 0.334 e. The number of furan rings is 1. The highest BCUT2D eigenvalue weighted by atomic mass is 16.5. The molecule has 0 aliphatic rings. The third kappa shape index (κ3) is 3.27. The van der Waals surface area contributed by atoms with Crippen molar-refractivity contribution in [2.24, 2.45) is 0 Å². The number of hydrogen-bond donors (Lipinski definition) is 1. The van der Waals surface area contributed by atoms with Gasteiger partial charge in [0.05, 0.1) is 19.1 Å². The first-order chi connectivity index (χ1) is 7.52. The minimum Gasteiger partial charge on any atom is -0.481 e. The highest BCUT2D eigenvalue weighted by molar-refractivity contribution is 5.97. The molecule has 0 aliphatic heterocycles. The van der Waals surface area contributed by atoms with E-state index in [1.807, 2.05) is 0 Å². The van der Waals surface area contributed by atoms with Gasteiger partial charge < -0.3 is 14.3 Å². The summed E-state index contributed by atoms with van der Waals surface area (Å²) in [5.41, 5.74) is 0.0457. The smallest absolute Gasteiger partial charge is 0.334 e. The lowest BCUT2D eigenvalue weighted by molar-refractivity contribution is -0.141. The second-order valence-electron chi connectivity index (χ2n) is 3.18. The van der Waals surface area contributed by atoms with Crippen molar-refractivity contribution in [3.63, 3.8) is 0 Å². The van der Waals surface area contributed by atoms with Crippen LogP contribution >= 0.6 is 0 Å². The van der Waals surface area contributed by atoms with Crippen LogP contribution in [0, 0.1) is 6.92 Å². The molecule has 0 amide bonds. The number of carboxylic acid groups (broad SMARTS) is 1. The maximum absolute atomic E-state index is 11.3. The zero-order valence-electron chi connectivity index (χ0n) is 9.02. The molecule has 0 atom stereocenters. The van der Waals surface area contributed by atoms with Crippen molar-refractivity contribution in [1.82, 2.24) is 0 Å². The Hall–Kier alpha value is -2.04. The van der Waals surface area contributed by atoms with Gasteiger partial charge in [-0.05, 0) is 25.1 Å². The highest BCUT2D eigenvalue weighted by Crippen LogP contribution is 2.14. The molecule has 1 aromatic rings. The number of ether oxygens (including phenoxy) is 1. The molecule has 0 saturated carbocycles. The van der Waals surface area contributed by atoms with E-state index in [1.165, 1.54) is 13.2 Å². The Morgan fingerprint density at radius 3 is 2.62 bits per heavy atom. The Morgan fingerprint density at radius 1 is 1.50 bits per heavy atom. The van der Waals surface area contributed by atoms with Crippen molar-refractivity contribution in [3.05, 3.63) is 29.2 Å². The quantitative estimate of drug-likeness (QED) is 0.621. The second kappa shape index (κ2) is 5.16. The number of aliphatic carboxylic acids is 1. The van der Waals surface area contributed by atoms with Crippen LogP contribution in [0.1, 0.15) is 17.9 Å². The summed E-state index contributed by atoms with van der Waals surface area (Å²) in [7, 11) is 1.20. The number of methoxy groups -OCH3 is 1. The van der Waals surface area contributed by atoms with E-state index in [9.17, 15) is 9.59 Å². The lowest BCUT2D eigenvalue weighted by atomic mass is 10.1. The van der Waals surface area contributed by atoms with Crippen LogP contribution in [0.25, 0.3) is 6.08 Å². The summed E-state index contributed by atoms with van der Waals surface area (Å²) in [5.74, 6) is -0.652. The van der Waals surface area contributed by atoms with Gasteiger partial charge in [0, 0.05) is 0 Å². The van der Waals surface area contributed by atoms with Gasteiger partial charge >= 0.3 is 11.9 Å². The van der Waals surface area contributed by atoms with Gasteiger partial charge in [0.1, 0.15) is 11.5 Å². The summed E-state index contributed by atoms with van der Waals surface area (Å²) in [6, 6.07) is 3.38. The van der Waals surface area contributed by atoms with Crippen molar-refractivity contribution in [3.8, 4) is 0 Å². The fraction of sp³-hybridized carbons (Fsp3) is 0.273. The minimum absolute atomic E-state index is 0.0457. The molecule has 0 bridgehead atoms. The van der Waals surface area contributed by atoms with Gasteiger partial charge in [-0.2, -0.15) is 0 Å². The largest absolute Gasteiger partial charge is 0.481 e. The third-order valence-corrected chi connectivity index (χ3v) is 1.87. The maximum atomic E-state index is 11.3. The van der Waals surface area contributed by atoms with Crippen molar-refractivity contribution in [2.45, 2.75) is 13.3 Å². The van der Waals surface area contributed by atoms with E-state index < -0.39 is 18.4 Å². The highest BCUT2D eigenvalue weighted by Gasteiger charge is 2.14. The standard InChI is InChI=1S/C11H12O5/c1-7-3-4-9(16-7)5-8(6-10(12)13)11(14)15-2/h3-5H,6H2,1-2H3,(H,12,13)/b8-5-. The summed E-state index contributed by atoms with van der Waals surface area (Å²) in [6.45, 7) is 1.76. The van der Waals surface area contributed by atoms with Crippen LogP contribution < -0.4 is 0 Å². The monoisotopic (exact) mass is 224 g/mol. The molecule has 16 heavy (non-hydrogen) atoms. The summed E-state index contributed by atoms with van der Waals surface area (Å²) >= 11 is 0. The van der Waals surface area contributed by atoms with Crippen LogP contribution in [0.4, 0.5) is 0 Å². The van der Waals surface area contributed by atoms with Crippen LogP contribution in [-0.2, 0) is 14.3 Å². The molecular weight excluding hydrogens is 212 g/mol. The molecule has 1 N–H and O–H groups in total. The molecule has 1 heterocycles. The lowest BCUT2D eigenvalue weighted by Crippen LogP contribution is -2.09. The summed E-state index contributed by atoms with van der Waals surface area (Å²) < 4.78 is 9.69. The number of hydrogen-bond acceptors (Lipinski definition) is 4. The molecular formula is C11H12O5. The van der Waals surface area contributed by atoms with E-state index in [0.29, 0.717) is 11.5 Å². The van der Waals surface area contributed by atoms with Crippen LogP contribution in [0.15, 0.2) is 22.1 Å². The number of aryl methyl sites for hydroxylation is 1. The van der Waals surface area contributed by atoms with Crippen molar-refractivity contribution in [1.29, 1.82) is 0 Å². The van der Waals surface area contributed by atoms with Crippen molar-refractivity contribution < 1.29 is 23.8 Å². The molecule has 0 aliphatic carbocycles. The molecule has 0 saturated heterocycles. The second-order valence-corrected chi connectivity index (χ2v) is 3.18. The first-order valence-corrected chi connectivity index (χ1v) is 4.60. The Bertz CT molecular complexity index is 427. The first-order valence-electron chi connectivity index (χ1n) is 4.60. The van der Waals surface area contributed by atoms with E-state index in [0.717, 1.165) is 0 Å². The molecule has 0 fully saturated rings. The van der Waals surface area contributed by atoms with Crippen LogP contribution in [0.3, 0.4) is 0 Å². The average molecular weight is 224 g/mol. The molecule has 1 rings (SSSR count). The number of carbonyl (C=O) groups excluding carboxylic acids is 1. The Kier molecular flexibility index (Phi) is 3.88.